The van der Waals surface area contributed by atoms with Crippen LogP contribution < -0.4 is 5.56 Å². The van der Waals surface area contributed by atoms with Crippen molar-refractivity contribution in [3.8, 4) is 38.3 Å². The number of hydrogen-bond acceptors (Lipinski definition) is 5. The average Bonchev–Trinajstić information content (AvgIpc) is 3.22. The van der Waals surface area contributed by atoms with Crippen molar-refractivity contribution in [2.75, 3.05) is 0 Å². The summed E-state index contributed by atoms with van der Waals surface area (Å²) in [6.45, 7) is 0. The fourth-order valence-corrected chi connectivity index (χ4v) is 3.57. The van der Waals surface area contributed by atoms with E-state index in [1.54, 1.807) is 46.5 Å². The van der Waals surface area contributed by atoms with Crippen LogP contribution in [0.4, 0.5) is 0 Å². The number of pyridine rings is 1. The molecule has 7 heteroatoms. The minimum atomic E-state index is -0.121. The molecule has 0 aliphatic carbocycles. The Hall–Kier alpha value is -3.19. The Bertz CT molecular complexity index is 1090. The van der Waals surface area contributed by atoms with Crippen LogP contribution in [0.3, 0.4) is 0 Å². The smallest absolute Gasteiger partial charge is 0.247 e. The Morgan fingerprint density at radius 1 is 1.08 bits per heavy atom. The van der Waals surface area contributed by atoms with E-state index in [1.165, 1.54) is 6.07 Å². The van der Waals surface area contributed by atoms with Crippen molar-refractivity contribution in [3.05, 3.63) is 65.1 Å². The second kappa shape index (κ2) is 6.03. The number of aromatic nitrogens is 4. The Labute approximate surface area is 147 Å². The second-order valence-electron chi connectivity index (χ2n) is 5.54. The number of aromatic amines is 1. The van der Waals surface area contributed by atoms with Crippen molar-refractivity contribution in [2.45, 2.75) is 0 Å². The summed E-state index contributed by atoms with van der Waals surface area (Å²) in [6, 6.07) is 14.2. The lowest BCUT2D eigenvalue weighted by Crippen LogP contribution is -2.00. The van der Waals surface area contributed by atoms with Crippen LogP contribution in [-0.4, -0.2) is 24.9 Å². The van der Waals surface area contributed by atoms with Crippen molar-refractivity contribution in [2.24, 2.45) is 7.05 Å². The van der Waals surface area contributed by atoms with Gasteiger partial charge in [0, 0.05) is 35.3 Å². The molecule has 1 aromatic carbocycles. The summed E-state index contributed by atoms with van der Waals surface area (Å²) in [4.78, 5) is 20.5. The Morgan fingerprint density at radius 3 is 2.68 bits per heavy atom. The van der Waals surface area contributed by atoms with Crippen molar-refractivity contribution in [3.63, 3.8) is 0 Å². The number of H-pyrrole nitrogens is 1. The molecule has 124 valence electrons. The number of aryl methyl sites for hydroxylation is 1. The predicted molar refractivity (Wildman–Crippen MR) is 97.5 cm³/mol. The first-order valence-corrected chi connectivity index (χ1v) is 8.41. The molecule has 0 aliphatic rings. The molecular weight excluding hydrogens is 336 g/mol. The number of rotatable bonds is 3. The highest BCUT2D eigenvalue weighted by Crippen LogP contribution is 2.33. The molecule has 6 nitrogen and oxygen atoms in total. The van der Waals surface area contributed by atoms with E-state index in [0.717, 1.165) is 26.7 Å². The molecule has 0 amide bonds. The molecule has 0 atom stereocenters. The van der Waals surface area contributed by atoms with Gasteiger partial charge in [-0.3, -0.25) is 4.79 Å². The topological polar surface area (TPSA) is 83.8 Å². The van der Waals surface area contributed by atoms with Gasteiger partial charge in [0.05, 0.1) is 4.88 Å². The summed E-state index contributed by atoms with van der Waals surface area (Å²) in [7, 11) is 1.84. The molecule has 3 heterocycles. The molecule has 2 N–H and O–H groups in total. The minimum absolute atomic E-state index is 0.121. The lowest BCUT2D eigenvalue weighted by molar-refractivity contribution is 0.475. The first-order chi connectivity index (χ1) is 12.1. The number of aromatic hydroxyl groups is 1. The van der Waals surface area contributed by atoms with Crippen LogP contribution in [0.2, 0.25) is 0 Å². The van der Waals surface area contributed by atoms with Gasteiger partial charge in [0.15, 0.2) is 11.6 Å². The highest BCUT2D eigenvalue weighted by Gasteiger charge is 2.14. The van der Waals surface area contributed by atoms with E-state index in [-0.39, 0.29) is 11.3 Å². The number of thiophene rings is 1. The molecular formula is C18H14N4O2S. The molecule has 4 rings (SSSR count). The van der Waals surface area contributed by atoms with E-state index < -0.39 is 0 Å². The molecule has 0 radical (unpaired) electrons. The molecule has 0 saturated carbocycles. The van der Waals surface area contributed by atoms with Crippen LogP contribution in [-0.2, 0) is 7.05 Å². The zero-order valence-corrected chi connectivity index (χ0v) is 14.1. The first-order valence-electron chi connectivity index (χ1n) is 7.60. The lowest BCUT2D eigenvalue weighted by atomic mass is 10.2. The van der Waals surface area contributed by atoms with Crippen LogP contribution in [0.5, 0.6) is 5.75 Å². The Morgan fingerprint density at radius 2 is 1.92 bits per heavy atom. The maximum Gasteiger partial charge on any atom is 0.247 e. The third-order valence-electron chi connectivity index (χ3n) is 3.76. The minimum Gasteiger partial charge on any atom is -0.508 e. The van der Waals surface area contributed by atoms with Crippen molar-refractivity contribution < 1.29 is 5.11 Å². The second-order valence-corrected chi connectivity index (χ2v) is 6.62. The predicted octanol–water partition coefficient (Wildman–Crippen LogP) is 3.27. The van der Waals surface area contributed by atoms with Crippen LogP contribution in [0.15, 0.2) is 59.5 Å². The highest BCUT2D eigenvalue weighted by atomic mass is 32.1. The van der Waals surface area contributed by atoms with Crippen molar-refractivity contribution in [1.29, 1.82) is 0 Å². The van der Waals surface area contributed by atoms with E-state index in [9.17, 15) is 9.90 Å². The van der Waals surface area contributed by atoms with Gasteiger partial charge in [-0.25, -0.2) is 9.67 Å². The van der Waals surface area contributed by atoms with Gasteiger partial charge in [0.2, 0.25) is 5.56 Å². The van der Waals surface area contributed by atoms with Gasteiger partial charge in [0.1, 0.15) is 5.75 Å². The summed E-state index contributed by atoms with van der Waals surface area (Å²) >= 11 is 1.58. The maximum atomic E-state index is 11.2. The zero-order chi connectivity index (χ0) is 17.4. The molecule has 0 fully saturated rings. The van der Waals surface area contributed by atoms with Gasteiger partial charge in [-0.15, -0.1) is 11.3 Å². The fourth-order valence-electron chi connectivity index (χ4n) is 2.54. The monoisotopic (exact) mass is 350 g/mol. The zero-order valence-electron chi connectivity index (χ0n) is 13.3. The largest absolute Gasteiger partial charge is 0.508 e. The van der Waals surface area contributed by atoms with Gasteiger partial charge >= 0.3 is 0 Å². The van der Waals surface area contributed by atoms with E-state index in [1.807, 2.05) is 25.2 Å². The number of benzene rings is 1. The van der Waals surface area contributed by atoms with Crippen LogP contribution in [0.25, 0.3) is 32.5 Å². The Kier molecular flexibility index (Phi) is 3.70. The summed E-state index contributed by atoms with van der Waals surface area (Å²) in [5.74, 6) is 1.49. The lowest BCUT2D eigenvalue weighted by Gasteiger charge is -1.96. The third kappa shape index (κ3) is 2.97. The fraction of sp³-hybridized carbons (Fsp3) is 0.0556. The molecule has 0 unspecified atom stereocenters. The molecule has 0 spiro atoms. The van der Waals surface area contributed by atoms with Crippen LogP contribution in [0, 0.1) is 0 Å². The van der Waals surface area contributed by atoms with E-state index in [0.29, 0.717) is 5.82 Å². The quantitative estimate of drug-likeness (QED) is 0.594. The summed E-state index contributed by atoms with van der Waals surface area (Å²) in [6.07, 6.45) is 1.70. The Balaban J connectivity index is 1.71. The molecule has 4 aromatic rings. The van der Waals surface area contributed by atoms with Gasteiger partial charge < -0.3 is 10.1 Å². The van der Waals surface area contributed by atoms with E-state index in [2.05, 4.69) is 15.1 Å². The normalized spacial score (nSPS) is 10.9. The number of nitrogens with one attached hydrogen (secondary N) is 1. The van der Waals surface area contributed by atoms with Crippen molar-refractivity contribution in [1.82, 2.24) is 19.7 Å². The van der Waals surface area contributed by atoms with Gasteiger partial charge in [-0.05, 0) is 30.3 Å². The molecule has 0 aliphatic heterocycles. The van der Waals surface area contributed by atoms with Gasteiger partial charge in [-0.1, -0.05) is 12.1 Å². The van der Waals surface area contributed by atoms with Gasteiger partial charge in [0.25, 0.3) is 0 Å². The summed E-state index contributed by atoms with van der Waals surface area (Å²) < 4.78 is 1.72. The van der Waals surface area contributed by atoms with E-state index >= 15 is 0 Å². The number of nitrogens with zero attached hydrogens (tertiary/aromatic N) is 3. The molecule has 3 aromatic heterocycles. The number of phenols is 1. The van der Waals surface area contributed by atoms with Crippen molar-refractivity contribution >= 4 is 11.3 Å². The SMILES string of the molecule is Cn1nc(-c2cccc(O)c2)nc1-c1ccc(-c2ccc(=O)[nH]c2)s1. The van der Waals surface area contributed by atoms with Crippen LogP contribution in [0.1, 0.15) is 0 Å². The highest BCUT2D eigenvalue weighted by molar-refractivity contribution is 7.18. The first kappa shape index (κ1) is 15.3. The average molecular weight is 350 g/mol. The number of phenolic OH excluding ortho intramolecular Hbond substituents is 1. The van der Waals surface area contributed by atoms with Crippen LogP contribution >= 0.6 is 11.3 Å². The maximum absolute atomic E-state index is 11.2. The number of hydrogen-bond donors (Lipinski definition) is 2. The van der Waals surface area contributed by atoms with E-state index in [4.69, 9.17) is 0 Å². The van der Waals surface area contributed by atoms with Gasteiger partial charge in [-0.2, -0.15) is 5.10 Å². The molecule has 0 bridgehead atoms. The standard InChI is InChI=1S/C18H14N4O2S/c1-22-18(20-17(21-22)11-3-2-4-13(23)9-11)15-7-6-14(25-15)12-5-8-16(24)19-10-12/h2-10,23H,1H3,(H,19,24). The summed E-state index contributed by atoms with van der Waals surface area (Å²) in [5.41, 5.74) is 1.59. The molecule has 0 saturated heterocycles. The molecule has 25 heavy (non-hydrogen) atoms. The third-order valence-corrected chi connectivity index (χ3v) is 4.89. The summed E-state index contributed by atoms with van der Waals surface area (Å²) in [5, 5.41) is 14.1.